The molecule has 8 nitrogen and oxygen atoms in total. The van der Waals surface area contributed by atoms with Crippen LogP contribution in [-0.2, 0) is 33.1 Å². The van der Waals surface area contributed by atoms with Crippen LogP contribution in [0.15, 0.2) is 58.4 Å². The van der Waals surface area contributed by atoms with Crippen LogP contribution in [0.1, 0.15) is 44.4 Å². The fourth-order valence-electron chi connectivity index (χ4n) is 3.20. The molecule has 0 amide bonds. The molecule has 0 spiro atoms. The minimum absolute atomic E-state index is 0.00570. The monoisotopic (exact) mass is 520 g/mol. The van der Waals surface area contributed by atoms with E-state index in [1.165, 1.54) is 16.9 Å². The third-order valence-corrected chi connectivity index (χ3v) is 6.75. The number of aryl methyl sites for hydroxylation is 1. The topological polar surface area (TPSA) is 96.7 Å². The maximum Gasteiger partial charge on any atom is 0.300 e. The normalized spacial score (nSPS) is 11.9. The Morgan fingerprint density at radius 2 is 1.54 bits per heavy atom. The highest BCUT2D eigenvalue weighted by Gasteiger charge is 2.21. The summed E-state index contributed by atoms with van der Waals surface area (Å²) in [6, 6.07) is 12.2. The van der Waals surface area contributed by atoms with Gasteiger partial charge < -0.3 is 9.47 Å². The molecule has 0 aliphatic rings. The highest BCUT2D eigenvalue weighted by atomic mass is 35.5. The van der Waals surface area contributed by atoms with Crippen LogP contribution in [0, 0.1) is 6.92 Å². The van der Waals surface area contributed by atoms with E-state index >= 15 is 0 Å². The fourth-order valence-corrected chi connectivity index (χ4v) is 4.42. The van der Waals surface area contributed by atoms with E-state index in [1.54, 1.807) is 19.1 Å². The Morgan fingerprint density at radius 1 is 0.971 bits per heavy atom. The highest BCUT2D eigenvalue weighted by Crippen LogP contribution is 2.28. The second-order valence-electron chi connectivity index (χ2n) is 8.92. The predicted octanol–water partition coefficient (Wildman–Crippen LogP) is 4.84. The molecule has 10 heteroatoms. The molecule has 0 aliphatic carbocycles. The van der Waals surface area contributed by atoms with Crippen LogP contribution in [0.4, 0.5) is 0 Å². The first-order chi connectivity index (χ1) is 16.4. The maximum absolute atomic E-state index is 12.5. The van der Waals surface area contributed by atoms with Crippen LogP contribution in [0.5, 0.6) is 11.5 Å². The molecule has 3 aromatic rings. The lowest BCUT2D eigenvalue weighted by Crippen LogP contribution is -2.36. The van der Waals surface area contributed by atoms with Crippen LogP contribution >= 0.6 is 11.6 Å². The quantitative estimate of drug-likeness (QED) is 0.372. The van der Waals surface area contributed by atoms with Gasteiger partial charge in [0.2, 0.25) is 0 Å². The van der Waals surface area contributed by atoms with Crippen molar-refractivity contribution in [3.8, 4) is 11.5 Å². The number of aromatic nitrogens is 2. The summed E-state index contributed by atoms with van der Waals surface area (Å²) >= 11 is 6.20. The lowest BCUT2D eigenvalue weighted by molar-refractivity contribution is 0.288. The Labute approximate surface area is 210 Å². The van der Waals surface area contributed by atoms with E-state index in [4.69, 9.17) is 25.3 Å². The first-order valence-electron chi connectivity index (χ1n) is 11.0. The summed E-state index contributed by atoms with van der Waals surface area (Å²) in [6.07, 6.45) is 1.44. The lowest BCUT2D eigenvalue weighted by atomic mass is 10.1. The van der Waals surface area contributed by atoms with E-state index in [2.05, 4.69) is 5.10 Å². The molecule has 0 N–H and O–H groups in total. The SMILES string of the molecule is CCOS(=O)(=O)c1ccc(C)cc1OCc1ccc(COc2cnn(C(C)(C)C)c(=O)c2Cl)cc1. The van der Waals surface area contributed by atoms with Gasteiger partial charge in [0, 0.05) is 0 Å². The van der Waals surface area contributed by atoms with Crippen molar-refractivity contribution in [3.63, 3.8) is 0 Å². The van der Waals surface area contributed by atoms with Gasteiger partial charge in [-0.2, -0.15) is 13.5 Å². The summed E-state index contributed by atoms with van der Waals surface area (Å²) in [5, 5.41) is 4.14. The number of hydrogen-bond donors (Lipinski definition) is 0. The summed E-state index contributed by atoms with van der Waals surface area (Å²) < 4.78 is 42.5. The number of hydrogen-bond acceptors (Lipinski definition) is 7. The van der Waals surface area contributed by atoms with Gasteiger partial charge in [-0.25, -0.2) is 4.68 Å². The van der Waals surface area contributed by atoms with Crippen LogP contribution in [-0.4, -0.2) is 24.8 Å². The Kier molecular flexibility index (Phi) is 8.25. The molecule has 35 heavy (non-hydrogen) atoms. The number of nitrogens with zero attached hydrogens (tertiary/aromatic N) is 2. The highest BCUT2D eigenvalue weighted by molar-refractivity contribution is 7.86. The van der Waals surface area contributed by atoms with Crippen molar-refractivity contribution >= 4 is 21.7 Å². The van der Waals surface area contributed by atoms with E-state index in [-0.39, 0.29) is 41.2 Å². The van der Waals surface area contributed by atoms with Crippen molar-refractivity contribution in [3.05, 3.63) is 80.7 Å². The maximum atomic E-state index is 12.5. The molecule has 0 fully saturated rings. The van der Waals surface area contributed by atoms with Crippen molar-refractivity contribution in [2.75, 3.05) is 6.61 Å². The summed E-state index contributed by atoms with van der Waals surface area (Å²) in [5.74, 6) is 0.449. The Morgan fingerprint density at radius 3 is 2.09 bits per heavy atom. The summed E-state index contributed by atoms with van der Waals surface area (Å²) in [4.78, 5) is 12.4. The molecular formula is C25H29ClN2O6S. The molecule has 0 bridgehead atoms. The second-order valence-corrected chi connectivity index (χ2v) is 10.9. The van der Waals surface area contributed by atoms with Crippen molar-refractivity contribution in [1.82, 2.24) is 9.78 Å². The van der Waals surface area contributed by atoms with Gasteiger partial charge in [0.05, 0.1) is 18.3 Å². The van der Waals surface area contributed by atoms with Crippen molar-refractivity contribution in [2.24, 2.45) is 0 Å². The van der Waals surface area contributed by atoms with Gasteiger partial charge >= 0.3 is 10.1 Å². The molecule has 0 saturated heterocycles. The average molecular weight is 521 g/mol. The fraction of sp³-hybridized carbons (Fsp3) is 0.360. The Hall–Kier alpha value is -2.88. The average Bonchev–Trinajstić information content (AvgIpc) is 2.78. The lowest BCUT2D eigenvalue weighted by Gasteiger charge is -2.21. The first kappa shape index (κ1) is 26.7. The van der Waals surface area contributed by atoms with Gasteiger partial charge in [-0.1, -0.05) is 41.9 Å². The number of ether oxygens (including phenoxy) is 2. The summed E-state index contributed by atoms with van der Waals surface area (Å²) in [5.41, 5.74) is 1.64. The third kappa shape index (κ3) is 6.62. The standard InChI is InChI=1S/C25H29ClN2O6S/c1-6-34-35(30,31)22-12-7-17(2)13-20(22)32-15-18-8-10-19(11-9-18)16-33-21-14-27-28(25(3,4)5)24(29)23(21)26/h7-14H,6,15-16H2,1-5H3. The summed E-state index contributed by atoms with van der Waals surface area (Å²) in [6.45, 7) is 9.45. The van der Waals surface area contributed by atoms with E-state index in [9.17, 15) is 13.2 Å². The summed E-state index contributed by atoms with van der Waals surface area (Å²) in [7, 11) is -3.90. The molecule has 2 aromatic carbocycles. The van der Waals surface area contributed by atoms with E-state index in [0.29, 0.717) is 0 Å². The van der Waals surface area contributed by atoms with E-state index < -0.39 is 21.2 Å². The van der Waals surface area contributed by atoms with Gasteiger partial charge in [0.25, 0.3) is 5.56 Å². The smallest absolute Gasteiger partial charge is 0.300 e. The largest absolute Gasteiger partial charge is 0.487 e. The Balaban J connectivity index is 1.67. The van der Waals surface area contributed by atoms with Gasteiger partial charge in [0.1, 0.15) is 23.9 Å². The van der Waals surface area contributed by atoms with Crippen molar-refractivity contribution < 1.29 is 22.1 Å². The molecule has 0 radical (unpaired) electrons. The zero-order valence-electron chi connectivity index (χ0n) is 20.4. The van der Waals surface area contributed by atoms with Crippen LogP contribution in [0.3, 0.4) is 0 Å². The molecule has 0 unspecified atom stereocenters. The third-order valence-electron chi connectivity index (χ3n) is 4.98. The van der Waals surface area contributed by atoms with Crippen LogP contribution < -0.4 is 15.0 Å². The zero-order chi connectivity index (χ0) is 25.8. The van der Waals surface area contributed by atoms with Crippen LogP contribution in [0.25, 0.3) is 0 Å². The van der Waals surface area contributed by atoms with Crippen molar-refractivity contribution in [2.45, 2.75) is 58.3 Å². The molecule has 1 heterocycles. The van der Waals surface area contributed by atoms with Crippen molar-refractivity contribution in [1.29, 1.82) is 0 Å². The first-order valence-corrected chi connectivity index (χ1v) is 12.8. The van der Waals surface area contributed by atoms with Gasteiger partial charge in [0.15, 0.2) is 10.8 Å². The predicted molar refractivity (Wildman–Crippen MR) is 134 cm³/mol. The minimum Gasteiger partial charge on any atom is -0.487 e. The molecule has 3 rings (SSSR count). The second kappa shape index (κ2) is 10.8. The molecule has 0 aliphatic heterocycles. The molecule has 1 aromatic heterocycles. The van der Waals surface area contributed by atoms with Crippen LogP contribution in [0.2, 0.25) is 5.02 Å². The zero-order valence-corrected chi connectivity index (χ0v) is 21.9. The molecular weight excluding hydrogens is 492 g/mol. The number of halogens is 1. The number of rotatable bonds is 9. The molecule has 0 atom stereocenters. The molecule has 188 valence electrons. The van der Waals surface area contributed by atoms with Gasteiger partial charge in [-0.3, -0.25) is 8.98 Å². The van der Waals surface area contributed by atoms with E-state index in [0.717, 1.165) is 16.7 Å². The molecule has 0 saturated carbocycles. The number of benzene rings is 2. The minimum atomic E-state index is -3.90. The van der Waals surface area contributed by atoms with Gasteiger partial charge in [-0.15, -0.1) is 0 Å². The Bertz CT molecular complexity index is 1350. The van der Waals surface area contributed by atoms with E-state index in [1.807, 2.05) is 52.0 Å². The van der Waals surface area contributed by atoms with Gasteiger partial charge in [-0.05, 0) is 63.4 Å².